The van der Waals surface area contributed by atoms with Gasteiger partial charge in [0, 0.05) is 0 Å². The van der Waals surface area contributed by atoms with Gasteiger partial charge in [-0.2, -0.15) is 0 Å². The second kappa shape index (κ2) is 5.33. The molecule has 6 heteroatoms. The summed E-state index contributed by atoms with van der Waals surface area (Å²) in [5.41, 5.74) is 0. The van der Waals surface area contributed by atoms with E-state index < -0.39 is 23.3 Å². The number of alkyl halides is 3. The number of carbonyl (C=O) groups excluding carboxylic acids is 1. The summed E-state index contributed by atoms with van der Waals surface area (Å²) in [5, 5.41) is 2.54. The predicted octanol–water partition coefficient (Wildman–Crippen LogP) is 1.50. The summed E-state index contributed by atoms with van der Waals surface area (Å²) in [7, 11) is 0. The molecule has 0 saturated carbocycles. The van der Waals surface area contributed by atoms with E-state index in [0.717, 1.165) is 4.46 Å². The first-order chi connectivity index (χ1) is 8.46. The van der Waals surface area contributed by atoms with Gasteiger partial charge < -0.3 is 0 Å². The van der Waals surface area contributed by atoms with Crippen LogP contribution >= 0.6 is 0 Å². The van der Waals surface area contributed by atoms with Crippen molar-refractivity contribution in [2.75, 3.05) is 6.54 Å². The number of hydrogen-bond donors (Lipinski definition) is 1. The fraction of sp³-hybridized carbons (Fsp3) is 0.417. The standard InChI is InChI=1S/C12H12F3NOSe/c13-12(14,15)6-8-7-16-11(17)10(8)18-9-4-2-1-3-5-9/h1-5,8,10H,6-7H2,(H,16,17)/t8-,10?/m0/s1. The van der Waals surface area contributed by atoms with Crippen LogP contribution in [0.3, 0.4) is 0 Å². The molecule has 1 fully saturated rings. The third kappa shape index (κ3) is 3.50. The minimum atomic E-state index is -4.21. The van der Waals surface area contributed by atoms with Crippen LogP contribution < -0.4 is 9.78 Å². The molecule has 0 aromatic heterocycles. The molecule has 1 N–H and O–H groups in total. The maximum absolute atomic E-state index is 12.4. The van der Waals surface area contributed by atoms with E-state index in [2.05, 4.69) is 5.32 Å². The van der Waals surface area contributed by atoms with Crippen LogP contribution in [0.4, 0.5) is 13.2 Å². The molecule has 2 rings (SSSR count). The Labute approximate surface area is 109 Å². The molecule has 1 unspecified atom stereocenters. The number of benzene rings is 1. The number of halogens is 3. The molecular formula is C12H12F3NOSe. The Balaban J connectivity index is 2.06. The summed E-state index contributed by atoms with van der Waals surface area (Å²) in [4.78, 5) is 11.1. The topological polar surface area (TPSA) is 29.1 Å². The van der Waals surface area contributed by atoms with Crippen LogP contribution in [0.2, 0.25) is 4.82 Å². The molecule has 0 spiro atoms. The molecule has 0 aliphatic carbocycles. The van der Waals surface area contributed by atoms with Crippen molar-refractivity contribution < 1.29 is 18.0 Å². The maximum atomic E-state index is 12.4. The Morgan fingerprint density at radius 2 is 1.94 bits per heavy atom. The van der Waals surface area contributed by atoms with Crippen molar-refractivity contribution >= 4 is 25.3 Å². The van der Waals surface area contributed by atoms with Crippen molar-refractivity contribution in [3.8, 4) is 0 Å². The van der Waals surface area contributed by atoms with Crippen LogP contribution in [-0.2, 0) is 4.79 Å². The second-order valence-electron chi connectivity index (χ2n) is 4.18. The van der Waals surface area contributed by atoms with Crippen LogP contribution in [0.15, 0.2) is 30.3 Å². The number of nitrogens with one attached hydrogen (secondary N) is 1. The van der Waals surface area contributed by atoms with Gasteiger partial charge in [-0.25, -0.2) is 0 Å². The molecule has 2 atom stereocenters. The van der Waals surface area contributed by atoms with E-state index >= 15 is 0 Å². The Morgan fingerprint density at radius 3 is 2.56 bits per heavy atom. The van der Waals surface area contributed by atoms with Crippen molar-refractivity contribution in [1.82, 2.24) is 5.32 Å². The van der Waals surface area contributed by atoms with E-state index in [1.807, 2.05) is 30.3 Å². The van der Waals surface area contributed by atoms with Crippen molar-refractivity contribution in [2.24, 2.45) is 5.92 Å². The van der Waals surface area contributed by atoms with Crippen molar-refractivity contribution in [1.29, 1.82) is 0 Å². The van der Waals surface area contributed by atoms with Gasteiger partial charge in [0.2, 0.25) is 0 Å². The Kier molecular flexibility index (Phi) is 3.97. The zero-order valence-corrected chi connectivity index (χ0v) is 11.1. The van der Waals surface area contributed by atoms with Gasteiger partial charge in [-0.3, -0.25) is 0 Å². The average molecular weight is 322 g/mol. The number of hydrogen-bond acceptors (Lipinski definition) is 1. The summed E-state index contributed by atoms with van der Waals surface area (Å²) in [6.45, 7) is 0.137. The monoisotopic (exact) mass is 323 g/mol. The van der Waals surface area contributed by atoms with Gasteiger partial charge in [0.25, 0.3) is 0 Å². The Hall–Kier alpha value is -1.00. The van der Waals surface area contributed by atoms with Gasteiger partial charge in [-0.15, -0.1) is 0 Å². The molecule has 2 nitrogen and oxygen atoms in total. The van der Waals surface area contributed by atoms with Crippen molar-refractivity contribution in [3.05, 3.63) is 30.3 Å². The summed E-state index contributed by atoms with van der Waals surface area (Å²) in [6.07, 6.45) is -5.09. The summed E-state index contributed by atoms with van der Waals surface area (Å²) in [5.74, 6) is -0.870. The third-order valence-corrected chi connectivity index (χ3v) is 5.66. The normalized spacial score (nSPS) is 24.1. The molecule has 1 aliphatic rings. The molecule has 0 bridgehead atoms. The molecule has 18 heavy (non-hydrogen) atoms. The number of rotatable bonds is 3. The van der Waals surface area contributed by atoms with E-state index in [0.29, 0.717) is 0 Å². The zero-order chi connectivity index (χ0) is 13.2. The van der Waals surface area contributed by atoms with Crippen LogP contribution in [-0.4, -0.2) is 33.6 Å². The van der Waals surface area contributed by atoms with Gasteiger partial charge >= 0.3 is 109 Å². The molecule has 1 saturated heterocycles. The third-order valence-electron chi connectivity index (χ3n) is 2.72. The zero-order valence-electron chi connectivity index (χ0n) is 9.41. The fourth-order valence-electron chi connectivity index (χ4n) is 1.93. The van der Waals surface area contributed by atoms with Crippen molar-refractivity contribution in [2.45, 2.75) is 17.4 Å². The van der Waals surface area contributed by atoms with Crippen LogP contribution in [0.25, 0.3) is 0 Å². The predicted molar refractivity (Wildman–Crippen MR) is 62.8 cm³/mol. The van der Waals surface area contributed by atoms with E-state index in [4.69, 9.17) is 0 Å². The van der Waals surface area contributed by atoms with Crippen molar-refractivity contribution in [3.63, 3.8) is 0 Å². The van der Waals surface area contributed by atoms with Gasteiger partial charge in [0.05, 0.1) is 0 Å². The van der Waals surface area contributed by atoms with Gasteiger partial charge in [0.15, 0.2) is 0 Å². The molecule has 0 radical (unpaired) electrons. The van der Waals surface area contributed by atoms with E-state index in [9.17, 15) is 18.0 Å². The fourth-order valence-corrected chi connectivity index (χ4v) is 4.41. The molecule has 1 amide bonds. The molecule has 1 aliphatic heterocycles. The summed E-state index contributed by atoms with van der Waals surface area (Å²) >= 11 is -0.252. The van der Waals surface area contributed by atoms with Gasteiger partial charge in [-0.05, 0) is 0 Å². The average Bonchev–Trinajstić information content (AvgIpc) is 2.61. The quantitative estimate of drug-likeness (QED) is 0.840. The molecule has 1 aromatic rings. The first-order valence-corrected chi connectivity index (χ1v) is 7.36. The molecule has 1 heterocycles. The Bertz CT molecular complexity index is 421. The van der Waals surface area contributed by atoms with Crippen LogP contribution in [0.5, 0.6) is 0 Å². The SMILES string of the molecule is O=C1NC[C@H](CC(F)(F)F)C1[Se]c1ccccc1. The van der Waals surface area contributed by atoms with Gasteiger partial charge in [0.1, 0.15) is 0 Å². The van der Waals surface area contributed by atoms with E-state index in [1.165, 1.54) is 0 Å². The summed E-state index contributed by atoms with van der Waals surface area (Å²) < 4.78 is 38.2. The van der Waals surface area contributed by atoms with Crippen LogP contribution in [0, 0.1) is 5.92 Å². The number of carbonyl (C=O) groups is 1. The molecular weight excluding hydrogens is 310 g/mol. The van der Waals surface area contributed by atoms with Gasteiger partial charge in [-0.1, -0.05) is 0 Å². The van der Waals surface area contributed by atoms with E-state index in [1.54, 1.807) is 0 Å². The minimum absolute atomic E-state index is 0.137. The number of amides is 1. The summed E-state index contributed by atoms with van der Waals surface area (Å²) in [6, 6.07) is 9.24. The van der Waals surface area contributed by atoms with E-state index in [-0.39, 0.29) is 27.4 Å². The Morgan fingerprint density at radius 1 is 1.28 bits per heavy atom. The van der Waals surface area contributed by atoms with Crippen LogP contribution in [0.1, 0.15) is 6.42 Å². The molecule has 1 aromatic carbocycles. The molecule has 98 valence electrons. The first kappa shape index (κ1) is 13.4. The second-order valence-corrected chi connectivity index (χ2v) is 6.73. The first-order valence-electron chi connectivity index (χ1n) is 5.52.